The first-order valence-corrected chi connectivity index (χ1v) is 16.3. The van der Waals surface area contributed by atoms with Crippen LogP contribution in [0.4, 0.5) is 24.5 Å². The molecule has 3 amide bonds. The van der Waals surface area contributed by atoms with Gasteiger partial charge in [0, 0.05) is 21.7 Å². The molecule has 5 aromatic rings. The molecule has 260 valence electrons. The Morgan fingerprint density at radius 2 is 1.41 bits per heavy atom. The minimum absolute atomic E-state index is 0.0988. The molecule has 1 unspecified atom stereocenters. The predicted molar refractivity (Wildman–Crippen MR) is 192 cm³/mol. The highest BCUT2D eigenvalue weighted by Gasteiger charge is 2.34. The lowest BCUT2D eigenvalue weighted by Gasteiger charge is -2.19. The molecule has 5 rings (SSSR count). The summed E-state index contributed by atoms with van der Waals surface area (Å²) in [4.78, 5) is 41.1. The zero-order chi connectivity index (χ0) is 36.4. The third kappa shape index (κ3) is 9.37. The number of thioether (sulfide) groups is 1. The fourth-order valence-corrected chi connectivity index (χ4v) is 6.13. The molecule has 1 atom stereocenters. The van der Waals surface area contributed by atoms with E-state index in [4.69, 9.17) is 9.47 Å². The molecule has 12 heteroatoms. The molecule has 0 heterocycles. The summed E-state index contributed by atoms with van der Waals surface area (Å²) in [5.74, 6) is -1.08. The number of anilines is 2. The van der Waals surface area contributed by atoms with E-state index < -0.39 is 34.7 Å². The fourth-order valence-electron chi connectivity index (χ4n) is 5.04. The zero-order valence-electron chi connectivity index (χ0n) is 27.4. The van der Waals surface area contributed by atoms with Crippen molar-refractivity contribution in [1.29, 1.82) is 0 Å². The van der Waals surface area contributed by atoms with Crippen LogP contribution in [-0.2, 0) is 15.8 Å². The molecule has 0 saturated carbocycles. The van der Waals surface area contributed by atoms with E-state index in [2.05, 4.69) is 16.0 Å². The van der Waals surface area contributed by atoms with E-state index in [1.54, 1.807) is 103 Å². The van der Waals surface area contributed by atoms with E-state index in [0.717, 1.165) is 17.8 Å². The third-order valence-corrected chi connectivity index (χ3v) is 8.69. The lowest BCUT2D eigenvalue weighted by atomic mass is 10.1. The number of nitrogens with one attached hydrogen (secondary N) is 3. The number of hydrogen-bond acceptors (Lipinski definition) is 6. The van der Waals surface area contributed by atoms with Crippen LogP contribution in [0.1, 0.15) is 32.3 Å². The molecule has 3 N–H and O–H groups in total. The molecule has 0 saturated heterocycles. The quantitative estimate of drug-likeness (QED) is 0.0885. The lowest BCUT2D eigenvalue weighted by molar-refractivity contribution is -0.137. The van der Waals surface area contributed by atoms with Crippen molar-refractivity contribution in [3.63, 3.8) is 0 Å². The number of amides is 3. The summed E-state index contributed by atoms with van der Waals surface area (Å²) in [7, 11) is 2.94. The van der Waals surface area contributed by atoms with Crippen LogP contribution < -0.4 is 25.4 Å². The van der Waals surface area contributed by atoms with Gasteiger partial charge in [0.1, 0.15) is 10.9 Å². The van der Waals surface area contributed by atoms with Gasteiger partial charge in [-0.05, 0) is 60.2 Å². The predicted octanol–water partition coefficient (Wildman–Crippen LogP) is 8.60. The second kappa shape index (κ2) is 16.6. The van der Waals surface area contributed by atoms with Crippen molar-refractivity contribution in [3.8, 4) is 11.5 Å². The van der Waals surface area contributed by atoms with Gasteiger partial charge >= 0.3 is 6.18 Å². The monoisotopic (exact) mass is 711 g/mol. The average Bonchev–Trinajstić information content (AvgIpc) is 3.14. The Morgan fingerprint density at radius 3 is 2.10 bits per heavy atom. The Kier molecular flexibility index (Phi) is 11.8. The summed E-state index contributed by atoms with van der Waals surface area (Å²) in [5.41, 5.74) is 0.256. The maximum Gasteiger partial charge on any atom is 0.418 e. The number of carbonyl (C=O) groups excluding carboxylic acids is 3. The first-order valence-electron chi connectivity index (χ1n) is 15.5. The minimum atomic E-state index is -4.67. The summed E-state index contributed by atoms with van der Waals surface area (Å²) in [6.45, 7) is 0. The number of hydrogen-bond donors (Lipinski definition) is 3. The van der Waals surface area contributed by atoms with Gasteiger partial charge in [-0.25, -0.2) is 0 Å². The molecular weight excluding hydrogens is 680 g/mol. The van der Waals surface area contributed by atoms with Gasteiger partial charge in [0.2, 0.25) is 5.91 Å². The number of methoxy groups -OCH3 is 2. The molecular formula is C39H32F3N3O5S. The van der Waals surface area contributed by atoms with Crippen LogP contribution >= 0.6 is 11.8 Å². The van der Waals surface area contributed by atoms with Crippen LogP contribution in [0.25, 0.3) is 6.08 Å². The van der Waals surface area contributed by atoms with E-state index in [1.807, 2.05) is 0 Å². The average molecular weight is 712 g/mol. The van der Waals surface area contributed by atoms with Crippen molar-refractivity contribution >= 4 is 46.9 Å². The van der Waals surface area contributed by atoms with Gasteiger partial charge < -0.3 is 25.4 Å². The van der Waals surface area contributed by atoms with Crippen molar-refractivity contribution in [3.05, 3.63) is 155 Å². The number of benzene rings is 5. The first-order chi connectivity index (χ1) is 24.6. The maximum absolute atomic E-state index is 13.8. The normalized spacial score (nSPS) is 12.0. The molecule has 0 aromatic heterocycles. The number of halogens is 3. The second-order valence-corrected chi connectivity index (χ2v) is 12.1. The topological polar surface area (TPSA) is 106 Å². The van der Waals surface area contributed by atoms with Crippen molar-refractivity contribution in [2.75, 3.05) is 24.9 Å². The van der Waals surface area contributed by atoms with Gasteiger partial charge in [-0.1, -0.05) is 78.9 Å². The van der Waals surface area contributed by atoms with E-state index in [1.165, 1.54) is 38.5 Å². The van der Waals surface area contributed by atoms with Gasteiger partial charge in [-0.3, -0.25) is 14.4 Å². The zero-order valence-corrected chi connectivity index (χ0v) is 28.2. The molecule has 0 spiro atoms. The molecule has 5 aromatic carbocycles. The number of carbonyl (C=O) groups is 3. The summed E-state index contributed by atoms with van der Waals surface area (Å²) < 4.78 is 52.0. The molecule has 51 heavy (non-hydrogen) atoms. The smallest absolute Gasteiger partial charge is 0.418 e. The fraction of sp³-hybridized carbons (Fsp3) is 0.103. The first kappa shape index (κ1) is 36.3. The van der Waals surface area contributed by atoms with Gasteiger partial charge in [-0.15, -0.1) is 11.8 Å². The molecule has 0 aliphatic rings. The van der Waals surface area contributed by atoms with Crippen LogP contribution in [0, 0.1) is 0 Å². The maximum atomic E-state index is 13.8. The molecule has 0 bridgehead atoms. The van der Waals surface area contributed by atoms with Gasteiger partial charge in [0.15, 0.2) is 11.5 Å². The van der Waals surface area contributed by atoms with E-state index >= 15 is 0 Å². The summed E-state index contributed by atoms with van der Waals surface area (Å²) in [6, 6.07) is 33.5. The molecule has 8 nitrogen and oxygen atoms in total. The standard InChI is InChI=1S/C39H32F3N3O5S/c1-49-33-22-11-17-27(34(33)50-2)23-32(45-36(46)26-15-7-4-8-16-26)37(47)43-28-18-12-19-29(24-28)51-35(25-13-5-3-6-14-25)38(48)44-31-21-10-9-20-30(31)39(40,41)42/h3-24,35H,1-2H3,(H,43,47)(H,44,48)(H,45,46)/b32-23+. The number of ether oxygens (including phenoxy) is 2. The van der Waals surface area contributed by atoms with Crippen LogP contribution in [0.15, 0.2) is 138 Å². The van der Waals surface area contributed by atoms with E-state index in [-0.39, 0.29) is 11.4 Å². The Bertz CT molecular complexity index is 2040. The molecule has 0 fully saturated rings. The van der Waals surface area contributed by atoms with Crippen LogP contribution in [0.2, 0.25) is 0 Å². The molecule has 0 aliphatic carbocycles. The van der Waals surface area contributed by atoms with Gasteiger partial charge in [-0.2, -0.15) is 13.2 Å². The highest BCUT2D eigenvalue weighted by Crippen LogP contribution is 2.39. The number of para-hydroxylation sites is 2. The van der Waals surface area contributed by atoms with Crippen molar-refractivity contribution in [2.24, 2.45) is 0 Å². The molecule has 0 radical (unpaired) electrons. The van der Waals surface area contributed by atoms with Crippen molar-refractivity contribution in [2.45, 2.75) is 16.3 Å². The van der Waals surface area contributed by atoms with Crippen LogP contribution in [0.5, 0.6) is 11.5 Å². The number of rotatable bonds is 12. The summed E-state index contributed by atoms with van der Waals surface area (Å²) in [5, 5.41) is 6.98. The van der Waals surface area contributed by atoms with Crippen molar-refractivity contribution < 1.29 is 37.0 Å². The molecule has 0 aliphatic heterocycles. The Hall–Kier alpha value is -6.01. The minimum Gasteiger partial charge on any atom is -0.493 e. The highest BCUT2D eigenvalue weighted by molar-refractivity contribution is 8.00. The SMILES string of the molecule is COc1cccc(/C=C(/NC(=O)c2ccccc2)C(=O)Nc2cccc(SC(C(=O)Nc3ccccc3C(F)(F)F)c3ccccc3)c2)c1OC. The second-order valence-electron chi connectivity index (χ2n) is 10.9. The van der Waals surface area contributed by atoms with Crippen LogP contribution in [0.3, 0.4) is 0 Å². The van der Waals surface area contributed by atoms with Crippen LogP contribution in [-0.4, -0.2) is 31.9 Å². The third-order valence-electron chi connectivity index (χ3n) is 7.44. The van der Waals surface area contributed by atoms with Crippen molar-refractivity contribution in [1.82, 2.24) is 5.32 Å². The highest BCUT2D eigenvalue weighted by atomic mass is 32.2. The Balaban J connectivity index is 1.43. The van der Waals surface area contributed by atoms with Gasteiger partial charge in [0.05, 0.1) is 25.5 Å². The van der Waals surface area contributed by atoms with E-state index in [9.17, 15) is 27.6 Å². The summed E-state index contributed by atoms with van der Waals surface area (Å²) in [6.07, 6.45) is -3.21. The summed E-state index contributed by atoms with van der Waals surface area (Å²) >= 11 is 1.09. The van der Waals surface area contributed by atoms with E-state index in [0.29, 0.717) is 38.8 Å². The Morgan fingerprint density at radius 1 is 0.745 bits per heavy atom. The van der Waals surface area contributed by atoms with Gasteiger partial charge in [0.25, 0.3) is 11.8 Å². The lowest BCUT2D eigenvalue weighted by Crippen LogP contribution is -2.30. The largest absolute Gasteiger partial charge is 0.493 e. The number of alkyl halides is 3. The Labute approximate surface area is 296 Å².